The second kappa shape index (κ2) is 8.27. The van der Waals surface area contributed by atoms with Crippen LogP contribution in [0.4, 0.5) is 9.52 Å². The minimum Gasteiger partial charge on any atom is -0.360 e. The number of aromatic nitrogens is 3. The summed E-state index contributed by atoms with van der Waals surface area (Å²) >= 11 is 14.6. The van der Waals surface area contributed by atoms with Gasteiger partial charge in [0.25, 0.3) is 0 Å². The number of rotatable bonds is 4. The zero-order valence-corrected chi connectivity index (χ0v) is 22.0. The third-order valence-electron chi connectivity index (χ3n) is 7.71. The first kappa shape index (κ1) is 22.7. The van der Waals surface area contributed by atoms with Gasteiger partial charge in [0.1, 0.15) is 17.0 Å². The van der Waals surface area contributed by atoms with E-state index in [1.165, 1.54) is 5.57 Å². The summed E-state index contributed by atoms with van der Waals surface area (Å²) in [5.41, 5.74) is 5.31. The lowest BCUT2D eigenvalue weighted by Gasteiger charge is -2.46. The molecule has 4 heterocycles. The van der Waals surface area contributed by atoms with Crippen molar-refractivity contribution in [2.45, 2.75) is 44.9 Å². The summed E-state index contributed by atoms with van der Waals surface area (Å²) in [5, 5.41) is 6.30. The standard InChI is InChI=1S/C27H23Cl2FN4OS/c1-14-8-19(30)23-20(9-14)36-26(32-23)34-6-4-27(5-7-34)10-16(11-27)21-24(33-35-25(21)15-2-3-15)22-17(28)12-31-13-18(22)29/h8-10,12-13,15H,2-7,11H2,1H3. The second-order valence-electron chi connectivity index (χ2n) is 10.3. The van der Waals surface area contributed by atoms with E-state index in [9.17, 15) is 4.39 Å². The monoisotopic (exact) mass is 540 g/mol. The van der Waals surface area contributed by atoms with Crippen LogP contribution in [-0.2, 0) is 0 Å². The Bertz CT molecular complexity index is 1530. The highest BCUT2D eigenvalue weighted by Gasteiger charge is 2.44. The van der Waals surface area contributed by atoms with Crippen molar-refractivity contribution < 1.29 is 8.91 Å². The number of fused-ring (bicyclic) bond motifs is 1. The van der Waals surface area contributed by atoms with Gasteiger partial charge in [0.2, 0.25) is 0 Å². The second-order valence-corrected chi connectivity index (χ2v) is 12.1. The van der Waals surface area contributed by atoms with Crippen LogP contribution < -0.4 is 4.90 Å². The maximum Gasteiger partial charge on any atom is 0.186 e. The number of benzene rings is 1. The summed E-state index contributed by atoms with van der Waals surface area (Å²) in [6.45, 7) is 3.72. The molecule has 9 heteroatoms. The quantitative estimate of drug-likeness (QED) is 0.262. The Morgan fingerprint density at radius 2 is 1.83 bits per heavy atom. The van der Waals surface area contributed by atoms with Gasteiger partial charge in [-0.3, -0.25) is 4.98 Å². The van der Waals surface area contributed by atoms with E-state index in [2.05, 4.69) is 26.1 Å². The Morgan fingerprint density at radius 1 is 1.11 bits per heavy atom. The van der Waals surface area contributed by atoms with E-state index in [0.717, 1.165) is 77.6 Å². The first-order valence-corrected chi connectivity index (χ1v) is 13.8. The molecule has 0 amide bonds. The topological polar surface area (TPSA) is 55.1 Å². The number of pyridine rings is 1. The summed E-state index contributed by atoms with van der Waals surface area (Å²) in [6, 6.07) is 3.57. The molecule has 4 aromatic rings. The zero-order chi connectivity index (χ0) is 24.6. The number of piperidine rings is 1. The Hall–Kier alpha value is -2.48. The molecule has 7 rings (SSSR count). The molecule has 2 aliphatic carbocycles. The van der Waals surface area contributed by atoms with Gasteiger partial charge in [-0.2, -0.15) is 0 Å². The van der Waals surface area contributed by atoms with Crippen molar-refractivity contribution in [2.75, 3.05) is 18.0 Å². The van der Waals surface area contributed by atoms with Crippen molar-refractivity contribution in [3.8, 4) is 11.3 Å². The molecule has 2 fully saturated rings. The molecule has 0 N–H and O–H groups in total. The van der Waals surface area contributed by atoms with Gasteiger partial charge in [0, 0.05) is 42.5 Å². The van der Waals surface area contributed by atoms with E-state index in [4.69, 9.17) is 27.7 Å². The van der Waals surface area contributed by atoms with Crippen molar-refractivity contribution >= 4 is 55.5 Å². The number of anilines is 1. The number of hydrogen-bond acceptors (Lipinski definition) is 6. The molecule has 1 aromatic carbocycles. The Kier molecular flexibility index (Phi) is 5.21. The molecule has 0 radical (unpaired) electrons. The predicted molar refractivity (Wildman–Crippen MR) is 143 cm³/mol. The maximum absolute atomic E-state index is 14.4. The van der Waals surface area contributed by atoms with Gasteiger partial charge in [0.05, 0.1) is 14.7 Å². The van der Waals surface area contributed by atoms with Crippen molar-refractivity contribution in [2.24, 2.45) is 5.41 Å². The fraction of sp³-hybridized carbons (Fsp3) is 0.370. The maximum atomic E-state index is 14.4. The van der Waals surface area contributed by atoms with Crippen LogP contribution in [0, 0.1) is 18.2 Å². The molecule has 3 aromatic heterocycles. The van der Waals surface area contributed by atoms with E-state index >= 15 is 0 Å². The summed E-state index contributed by atoms with van der Waals surface area (Å²) < 4.78 is 21.2. The Morgan fingerprint density at radius 3 is 2.53 bits per heavy atom. The predicted octanol–water partition coefficient (Wildman–Crippen LogP) is 8.05. The van der Waals surface area contributed by atoms with Gasteiger partial charge in [-0.15, -0.1) is 0 Å². The molecule has 1 aliphatic heterocycles. The molecular weight excluding hydrogens is 518 g/mol. The minimum absolute atomic E-state index is 0.158. The van der Waals surface area contributed by atoms with Crippen LogP contribution in [0.2, 0.25) is 10.0 Å². The largest absolute Gasteiger partial charge is 0.360 e. The molecule has 184 valence electrons. The van der Waals surface area contributed by atoms with Crippen molar-refractivity contribution in [3.05, 3.63) is 63.4 Å². The molecule has 3 aliphatic rings. The van der Waals surface area contributed by atoms with Crippen LogP contribution >= 0.6 is 34.5 Å². The van der Waals surface area contributed by atoms with E-state index in [1.54, 1.807) is 29.8 Å². The smallest absolute Gasteiger partial charge is 0.186 e. The van der Waals surface area contributed by atoms with Crippen LogP contribution in [0.1, 0.15) is 54.9 Å². The molecule has 0 atom stereocenters. The lowest BCUT2D eigenvalue weighted by Crippen LogP contribution is -2.42. The first-order valence-electron chi connectivity index (χ1n) is 12.2. The Labute approximate surface area is 221 Å². The molecule has 36 heavy (non-hydrogen) atoms. The third-order valence-corrected chi connectivity index (χ3v) is 9.35. The number of hydrogen-bond donors (Lipinski definition) is 0. The lowest BCUT2D eigenvalue weighted by atomic mass is 9.63. The fourth-order valence-corrected chi connectivity index (χ4v) is 7.31. The number of allylic oxidation sites excluding steroid dienone is 2. The van der Waals surface area contributed by atoms with Crippen LogP contribution in [0.5, 0.6) is 0 Å². The highest BCUT2D eigenvalue weighted by Crippen LogP contribution is 2.56. The fourth-order valence-electron chi connectivity index (χ4n) is 5.63. The van der Waals surface area contributed by atoms with Gasteiger partial charge >= 0.3 is 0 Å². The van der Waals surface area contributed by atoms with Crippen LogP contribution in [-0.4, -0.2) is 28.2 Å². The highest BCUT2D eigenvalue weighted by molar-refractivity contribution is 7.22. The van der Waals surface area contributed by atoms with Gasteiger partial charge in [0.15, 0.2) is 10.9 Å². The zero-order valence-electron chi connectivity index (χ0n) is 19.7. The van der Waals surface area contributed by atoms with E-state index in [1.807, 2.05) is 13.0 Å². The van der Waals surface area contributed by atoms with Crippen LogP contribution in [0.3, 0.4) is 0 Å². The summed E-state index contributed by atoms with van der Waals surface area (Å²) in [5.74, 6) is 1.14. The van der Waals surface area contributed by atoms with Gasteiger partial charge in [-0.05, 0) is 67.7 Å². The molecule has 0 bridgehead atoms. The lowest BCUT2D eigenvalue weighted by molar-refractivity contribution is 0.277. The molecule has 1 saturated carbocycles. The van der Waals surface area contributed by atoms with Crippen LogP contribution in [0.15, 0.2) is 35.1 Å². The van der Waals surface area contributed by atoms with Crippen molar-refractivity contribution in [1.29, 1.82) is 0 Å². The summed E-state index contributed by atoms with van der Waals surface area (Å²) in [4.78, 5) is 11.0. The van der Waals surface area contributed by atoms with E-state index in [0.29, 0.717) is 27.0 Å². The van der Waals surface area contributed by atoms with E-state index in [-0.39, 0.29) is 11.2 Å². The van der Waals surface area contributed by atoms with Gasteiger partial charge in [-0.25, -0.2) is 9.37 Å². The van der Waals surface area contributed by atoms with Gasteiger partial charge < -0.3 is 9.42 Å². The van der Waals surface area contributed by atoms with Crippen molar-refractivity contribution in [1.82, 2.24) is 15.1 Å². The molecule has 0 unspecified atom stereocenters. The van der Waals surface area contributed by atoms with E-state index < -0.39 is 0 Å². The number of nitrogens with zero attached hydrogens (tertiary/aromatic N) is 4. The molecule has 5 nitrogen and oxygen atoms in total. The number of halogens is 3. The van der Waals surface area contributed by atoms with Crippen molar-refractivity contribution in [3.63, 3.8) is 0 Å². The Balaban J connectivity index is 1.16. The summed E-state index contributed by atoms with van der Waals surface area (Å²) in [6.07, 6.45) is 10.9. The number of thiazole rings is 1. The first-order chi connectivity index (χ1) is 17.4. The average molecular weight is 541 g/mol. The highest BCUT2D eigenvalue weighted by atomic mass is 35.5. The molecular formula is C27H23Cl2FN4OS. The number of aryl methyl sites for hydroxylation is 1. The molecule has 1 spiro atoms. The SMILES string of the molecule is Cc1cc(F)c2nc(N3CCC4(C=C(c5c(-c6c(Cl)cncc6Cl)noc5C5CC5)C4)CC3)sc2c1. The third kappa shape index (κ3) is 3.66. The average Bonchev–Trinajstić information content (AvgIpc) is 3.44. The summed E-state index contributed by atoms with van der Waals surface area (Å²) in [7, 11) is 0. The van der Waals surface area contributed by atoms with Gasteiger partial charge in [-0.1, -0.05) is 45.8 Å². The molecule has 1 saturated heterocycles. The van der Waals surface area contributed by atoms with Crippen LogP contribution in [0.25, 0.3) is 27.0 Å². The normalized spacial score (nSPS) is 19.1. The minimum atomic E-state index is -0.238.